The number of hydrogen-bond acceptors (Lipinski definition) is 6. The highest BCUT2D eigenvalue weighted by Gasteiger charge is 2.52. The van der Waals surface area contributed by atoms with E-state index in [1.165, 1.54) is 11.1 Å². The molecule has 0 radical (unpaired) electrons. The molecule has 2 N–H and O–H groups in total. The monoisotopic (exact) mass is 364 g/mol. The smallest absolute Gasteiger partial charge is 0.154 e. The standard InChI is InChI=1S/C20H20N4OS/c21-19-24-20(10-26-19)17-4-3-16(25)6-14(17)5-13-2-1-12(7-18(13)20)15-8-22-11-23-9-15/h1-2,7-9,11,14,17H,3-6,10H2,(H2,21,24)/t14-,17-,20?/m1/s1. The zero-order valence-electron chi connectivity index (χ0n) is 14.4. The van der Waals surface area contributed by atoms with Crippen molar-refractivity contribution in [2.24, 2.45) is 22.6 Å². The molecule has 26 heavy (non-hydrogen) atoms. The summed E-state index contributed by atoms with van der Waals surface area (Å²) >= 11 is 1.64. The lowest BCUT2D eigenvalue weighted by atomic mass is 9.60. The minimum absolute atomic E-state index is 0.292. The van der Waals surface area contributed by atoms with E-state index in [-0.39, 0.29) is 5.54 Å². The van der Waals surface area contributed by atoms with Gasteiger partial charge in [-0.05, 0) is 47.4 Å². The van der Waals surface area contributed by atoms with E-state index < -0.39 is 0 Å². The molecule has 132 valence electrons. The number of hydrogen-bond donors (Lipinski definition) is 1. The molecule has 2 aromatic rings. The van der Waals surface area contributed by atoms with Crippen LogP contribution in [0, 0.1) is 11.8 Å². The first kappa shape index (κ1) is 16.0. The summed E-state index contributed by atoms with van der Waals surface area (Å²) in [7, 11) is 0. The number of thioether (sulfide) groups is 1. The fraction of sp³-hybridized carbons (Fsp3) is 0.400. The molecular weight excluding hydrogens is 344 g/mol. The molecule has 1 aromatic heterocycles. The lowest BCUT2D eigenvalue weighted by Crippen LogP contribution is -2.46. The van der Waals surface area contributed by atoms with Crippen molar-refractivity contribution in [1.29, 1.82) is 0 Å². The van der Waals surface area contributed by atoms with Gasteiger partial charge in [-0.15, -0.1) is 0 Å². The van der Waals surface area contributed by atoms with Crippen LogP contribution in [0.3, 0.4) is 0 Å². The number of ketones is 1. The molecule has 0 bridgehead atoms. The minimum Gasteiger partial charge on any atom is -0.379 e. The number of aliphatic imine (C=N–C) groups is 1. The fourth-order valence-electron chi connectivity index (χ4n) is 4.97. The van der Waals surface area contributed by atoms with Gasteiger partial charge in [0.1, 0.15) is 17.6 Å². The zero-order chi connectivity index (χ0) is 17.7. The van der Waals surface area contributed by atoms with Crippen LogP contribution in [0.1, 0.15) is 30.4 Å². The second-order valence-corrected chi connectivity index (χ2v) is 8.51. The van der Waals surface area contributed by atoms with Crippen molar-refractivity contribution in [1.82, 2.24) is 9.97 Å². The Balaban J connectivity index is 1.67. The fourth-order valence-corrected chi connectivity index (χ4v) is 6.00. The second-order valence-electron chi connectivity index (χ2n) is 7.51. The number of aromatic nitrogens is 2. The molecule has 5 rings (SSSR count). The van der Waals surface area contributed by atoms with Gasteiger partial charge >= 0.3 is 0 Å². The number of rotatable bonds is 1. The van der Waals surface area contributed by atoms with Crippen molar-refractivity contribution >= 4 is 22.7 Å². The van der Waals surface area contributed by atoms with E-state index in [2.05, 4.69) is 28.2 Å². The van der Waals surface area contributed by atoms with Gasteiger partial charge in [-0.25, -0.2) is 9.97 Å². The molecule has 3 aliphatic rings. The Morgan fingerprint density at radius 3 is 2.77 bits per heavy atom. The summed E-state index contributed by atoms with van der Waals surface area (Å²) in [5.74, 6) is 2.04. The number of fused-ring (bicyclic) bond motifs is 4. The van der Waals surface area contributed by atoms with Gasteiger partial charge in [-0.2, -0.15) is 0 Å². The molecular formula is C20H20N4OS. The predicted octanol–water partition coefficient (Wildman–Crippen LogP) is 2.94. The summed E-state index contributed by atoms with van der Waals surface area (Å²) in [6.07, 6.45) is 8.45. The highest BCUT2D eigenvalue weighted by molar-refractivity contribution is 8.14. The summed E-state index contributed by atoms with van der Waals surface area (Å²) in [4.78, 5) is 25.3. The van der Waals surface area contributed by atoms with Crippen molar-refractivity contribution in [2.45, 2.75) is 31.2 Å². The Bertz CT molecular complexity index is 913. The second kappa shape index (κ2) is 5.91. The van der Waals surface area contributed by atoms with E-state index in [0.29, 0.717) is 35.6 Å². The lowest BCUT2D eigenvalue weighted by Gasteiger charge is -2.47. The van der Waals surface area contributed by atoms with E-state index in [0.717, 1.165) is 29.7 Å². The molecule has 0 amide bonds. The third-order valence-corrected chi connectivity index (χ3v) is 7.08. The van der Waals surface area contributed by atoms with Crippen molar-refractivity contribution in [3.63, 3.8) is 0 Å². The van der Waals surface area contributed by atoms with E-state index in [1.807, 2.05) is 12.4 Å². The van der Waals surface area contributed by atoms with E-state index in [4.69, 9.17) is 10.7 Å². The molecule has 1 unspecified atom stereocenters. The van der Waals surface area contributed by atoms with Gasteiger partial charge in [0.15, 0.2) is 5.17 Å². The third kappa shape index (κ3) is 2.39. The summed E-state index contributed by atoms with van der Waals surface area (Å²) < 4.78 is 0. The van der Waals surface area contributed by atoms with Crippen molar-refractivity contribution in [3.8, 4) is 11.1 Å². The maximum atomic E-state index is 12.1. The number of benzene rings is 1. The summed E-state index contributed by atoms with van der Waals surface area (Å²) in [6.45, 7) is 0. The Morgan fingerprint density at radius 2 is 2.00 bits per heavy atom. The van der Waals surface area contributed by atoms with Gasteiger partial charge in [-0.3, -0.25) is 9.79 Å². The van der Waals surface area contributed by atoms with Crippen LogP contribution in [-0.4, -0.2) is 26.7 Å². The number of amidine groups is 1. The normalized spacial score (nSPS) is 30.0. The molecule has 5 nitrogen and oxygen atoms in total. The molecule has 6 heteroatoms. The largest absolute Gasteiger partial charge is 0.379 e. The number of carbonyl (C=O) groups is 1. The Labute approximate surface area is 156 Å². The molecule has 2 heterocycles. The third-order valence-electron chi connectivity index (χ3n) is 6.11. The van der Waals surface area contributed by atoms with Gasteiger partial charge in [0.2, 0.25) is 0 Å². The Hall–Kier alpha value is -2.21. The molecule has 0 saturated heterocycles. The van der Waals surface area contributed by atoms with Crippen LogP contribution in [0.2, 0.25) is 0 Å². The van der Waals surface area contributed by atoms with Crippen LogP contribution in [0.5, 0.6) is 0 Å². The maximum absolute atomic E-state index is 12.1. The average Bonchev–Trinajstić information content (AvgIpc) is 3.04. The first-order valence-corrected chi connectivity index (χ1v) is 10.0. The van der Waals surface area contributed by atoms with Crippen molar-refractivity contribution in [3.05, 3.63) is 48.0 Å². The highest BCUT2D eigenvalue weighted by Crippen LogP contribution is 2.54. The number of nitrogens with zero attached hydrogens (tertiary/aromatic N) is 3. The summed E-state index contributed by atoms with van der Waals surface area (Å²) in [5.41, 5.74) is 10.5. The predicted molar refractivity (Wildman–Crippen MR) is 103 cm³/mol. The van der Waals surface area contributed by atoms with Gasteiger partial charge < -0.3 is 5.73 Å². The summed E-state index contributed by atoms with van der Waals surface area (Å²) in [5, 5.41) is 0.668. The molecule has 1 aromatic carbocycles. The zero-order valence-corrected chi connectivity index (χ0v) is 15.2. The van der Waals surface area contributed by atoms with Crippen LogP contribution in [-0.2, 0) is 16.8 Å². The van der Waals surface area contributed by atoms with Gasteiger partial charge in [0.05, 0.1) is 0 Å². The van der Waals surface area contributed by atoms with Crippen LogP contribution in [0.25, 0.3) is 11.1 Å². The van der Waals surface area contributed by atoms with Gasteiger partial charge in [-0.1, -0.05) is 23.9 Å². The first-order chi connectivity index (χ1) is 12.7. The molecule has 1 aliphatic heterocycles. The lowest BCUT2D eigenvalue weighted by molar-refractivity contribution is -0.123. The topological polar surface area (TPSA) is 81.2 Å². The maximum Gasteiger partial charge on any atom is 0.154 e. The minimum atomic E-state index is -0.292. The highest BCUT2D eigenvalue weighted by atomic mass is 32.2. The van der Waals surface area contributed by atoms with Gasteiger partial charge in [0, 0.05) is 36.6 Å². The van der Waals surface area contributed by atoms with Crippen LogP contribution in [0.15, 0.2) is 41.9 Å². The molecule has 2 aliphatic carbocycles. The Morgan fingerprint density at radius 1 is 1.15 bits per heavy atom. The molecule has 3 atom stereocenters. The van der Waals surface area contributed by atoms with Crippen LogP contribution < -0.4 is 5.73 Å². The van der Waals surface area contributed by atoms with E-state index >= 15 is 0 Å². The van der Waals surface area contributed by atoms with Crippen LogP contribution >= 0.6 is 11.8 Å². The van der Waals surface area contributed by atoms with E-state index in [1.54, 1.807) is 18.1 Å². The number of carbonyl (C=O) groups excluding carboxylic acids is 1. The average molecular weight is 364 g/mol. The SMILES string of the molecule is NC1=NC2(CS1)c1cc(-c3cncnc3)ccc1C[C@@H]1CC(=O)CC[C@H]12. The summed E-state index contributed by atoms with van der Waals surface area (Å²) in [6, 6.07) is 6.58. The molecule has 1 saturated carbocycles. The van der Waals surface area contributed by atoms with E-state index in [9.17, 15) is 4.79 Å². The number of Topliss-reactive ketones (excluding diaryl/α,β-unsaturated/α-hetero) is 1. The number of nitrogens with two attached hydrogens (primary N) is 1. The Kier molecular flexibility index (Phi) is 3.64. The quantitative estimate of drug-likeness (QED) is 0.841. The van der Waals surface area contributed by atoms with Crippen molar-refractivity contribution in [2.75, 3.05) is 5.75 Å². The molecule has 1 fully saturated rings. The van der Waals surface area contributed by atoms with Crippen LogP contribution in [0.4, 0.5) is 0 Å². The van der Waals surface area contributed by atoms with Crippen molar-refractivity contribution < 1.29 is 4.79 Å². The van der Waals surface area contributed by atoms with Gasteiger partial charge in [0.25, 0.3) is 0 Å². The first-order valence-electron chi connectivity index (χ1n) is 9.04. The molecule has 1 spiro atoms.